The Bertz CT molecular complexity index is 378. The van der Waals surface area contributed by atoms with E-state index in [0.717, 1.165) is 30.8 Å². The molecule has 4 heteroatoms. The lowest BCUT2D eigenvalue weighted by Crippen LogP contribution is -2.27. The van der Waals surface area contributed by atoms with E-state index in [-0.39, 0.29) is 5.41 Å². The highest BCUT2D eigenvalue weighted by Crippen LogP contribution is 2.33. The van der Waals surface area contributed by atoms with E-state index in [2.05, 4.69) is 6.92 Å². The molecule has 0 unspecified atom stereocenters. The molecule has 114 valence electrons. The summed E-state index contributed by atoms with van der Waals surface area (Å²) < 4.78 is 11.4. The first-order chi connectivity index (χ1) is 9.71. The molecule has 0 radical (unpaired) electrons. The van der Waals surface area contributed by atoms with Gasteiger partial charge in [-0.15, -0.1) is 23.2 Å². The smallest absolute Gasteiger partial charge is 0.161 e. The summed E-state index contributed by atoms with van der Waals surface area (Å²) in [6.45, 7) is 5.34. The molecule has 1 rings (SSSR count). The molecule has 0 aromatic heterocycles. The first-order valence-corrected chi connectivity index (χ1v) is 8.24. The Labute approximate surface area is 132 Å². The van der Waals surface area contributed by atoms with E-state index >= 15 is 0 Å². The highest BCUT2D eigenvalue weighted by molar-refractivity contribution is 6.21. The van der Waals surface area contributed by atoms with Gasteiger partial charge in [-0.3, -0.25) is 0 Å². The van der Waals surface area contributed by atoms with E-state index in [1.54, 1.807) is 0 Å². The summed E-state index contributed by atoms with van der Waals surface area (Å²) in [7, 11) is 0. The van der Waals surface area contributed by atoms with Gasteiger partial charge in [0.1, 0.15) is 0 Å². The van der Waals surface area contributed by atoms with Gasteiger partial charge < -0.3 is 9.47 Å². The molecular weight excluding hydrogens is 295 g/mol. The fraction of sp³-hybridized carbons (Fsp3) is 0.625. The van der Waals surface area contributed by atoms with Crippen molar-refractivity contribution in [2.24, 2.45) is 5.41 Å². The van der Waals surface area contributed by atoms with Gasteiger partial charge in [-0.25, -0.2) is 0 Å². The molecule has 0 spiro atoms. The summed E-state index contributed by atoms with van der Waals surface area (Å²) in [6.07, 6.45) is 2.96. The molecule has 0 saturated heterocycles. The van der Waals surface area contributed by atoms with E-state index < -0.39 is 0 Å². The maximum Gasteiger partial charge on any atom is 0.161 e. The Morgan fingerprint density at radius 2 is 1.55 bits per heavy atom. The molecule has 0 aliphatic carbocycles. The van der Waals surface area contributed by atoms with Crippen LogP contribution in [0.5, 0.6) is 11.5 Å². The van der Waals surface area contributed by atoms with Crippen LogP contribution in [0.3, 0.4) is 0 Å². The number of alkyl halides is 2. The van der Waals surface area contributed by atoms with Crippen LogP contribution in [0.25, 0.3) is 0 Å². The van der Waals surface area contributed by atoms with Crippen molar-refractivity contribution in [3.63, 3.8) is 0 Å². The summed E-state index contributed by atoms with van der Waals surface area (Å²) in [5.74, 6) is 2.71. The van der Waals surface area contributed by atoms with Crippen molar-refractivity contribution in [1.82, 2.24) is 0 Å². The Kier molecular flexibility index (Phi) is 8.16. The molecule has 0 saturated carbocycles. The molecule has 20 heavy (non-hydrogen) atoms. The number of hydrogen-bond acceptors (Lipinski definition) is 2. The zero-order chi connectivity index (χ0) is 14.8. The maximum atomic E-state index is 6.10. The van der Waals surface area contributed by atoms with Gasteiger partial charge in [0, 0.05) is 17.2 Å². The summed E-state index contributed by atoms with van der Waals surface area (Å²) >= 11 is 12.2. The van der Waals surface area contributed by atoms with Crippen LogP contribution in [-0.4, -0.2) is 25.0 Å². The quantitative estimate of drug-likeness (QED) is 0.557. The second-order valence-electron chi connectivity index (χ2n) is 5.00. The van der Waals surface area contributed by atoms with Crippen molar-refractivity contribution < 1.29 is 9.47 Å². The van der Waals surface area contributed by atoms with Crippen LogP contribution in [0.1, 0.15) is 33.1 Å². The minimum atomic E-state index is -0.0293. The zero-order valence-corrected chi connectivity index (χ0v) is 13.8. The van der Waals surface area contributed by atoms with Gasteiger partial charge in [0.25, 0.3) is 0 Å². The number of hydrogen-bond donors (Lipinski definition) is 0. The minimum absolute atomic E-state index is 0.0293. The number of halogens is 2. The van der Waals surface area contributed by atoms with Crippen LogP contribution in [0.4, 0.5) is 0 Å². The maximum absolute atomic E-state index is 6.10. The molecule has 0 aliphatic rings. The van der Waals surface area contributed by atoms with E-state index in [9.17, 15) is 0 Å². The van der Waals surface area contributed by atoms with Gasteiger partial charge in [-0.1, -0.05) is 25.5 Å². The second kappa shape index (κ2) is 9.36. The molecule has 0 fully saturated rings. The van der Waals surface area contributed by atoms with Gasteiger partial charge in [0.2, 0.25) is 0 Å². The molecule has 0 heterocycles. The van der Waals surface area contributed by atoms with Crippen LogP contribution in [0, 0.1) is 5.41 Å². The number of benzene rings is 1. The normalized spacial score (nSPS) is 11.4. The highest BCUT2D eigenvalue weighted by atomic mass is 35.5. The highest BCUT2D eigenvalue weighted by Gasteiger charge is 2.27. The van der Waals surface area contributed by atoms with Gasteiger partial charge >= 0.3 is 0 Å². The number of para-hydroxylation sites is 2. The monoisotopic (exact) mass is 318 g/mol. The lowest BCUT2D eigenvalue weighted by atomic mass is 9.84. The SMILES string of the molecule is CCCC(CCl)(CCl)CCOc1ccccc1OCC. The van der Waals surface area contributed by atoms with E-state index in [1.165, 1.54) is 0 Å². The van der Waals surface area contributed by atoms with E-state index in [4.69, 9.17) is 32.7 Å². The Morgan fingerprint density at radius 3 is 2.05 bits per heavy atom. The first kappa shape index (κ1) is 17.5. The predicted octanol–water partition coefficient (Wildman–Crippen LogP) is 5.12. The lowest BCUT2D eigenvalue weighted by Gasteiger charge is -2.29. The second-order valence-corrected chi connectivity index (χ2v) is 5.53. The van der Waals surface area contributed by atoms with Crippen molar-refractivity contribution in [3.8, 4) is 11.5 Å². The third-order valence-electron chi connectivity index (χ3n) is 3.39. The number of ether oxygens (including phenoxy) is 2. The predicted molar refractivity (Wildman–Crippen MR) is 86.5 cm³/mol. The zero-order valence-electron chi connectivity index (χ0n) is 12.3. The lowest BCUT2D eigenvalue weighted by molar-refractivity contribution is 0.212. The molecule has 0 bridgehead atoms. The molecular formula is C16H24Cl2O2. The third kappa shape index (κ3) is 5.06. The minimum Gasteiger partial charge on any atom is -0.490 e. The van der Waals surface area contributed by atoms with Crippen molar-refractivity contribution in [2.75, 3.05) is 25.0 Å². The molecule has 2 nitrogen and oxygen atoms in total. The molecule has 1 aromatic carbocycles. The van der Waals surface area contributed by atoms with Crippen LogP contribution >= 0.6 is 23.2 Å². The van der Waals surface area contributed by atoms with E-state index in [0.29, 0.717) is 25.0 Å². The van der Waals surface area contributed by atoms with Crippen molar-refractivity contribution in [3.05, 3.63) is 24.3 Å². The summed E-state index contributed by atoms with van der Waals surface area (Å²) in [5.41, 5.74) is -0.0293. The van der Waals surface area contributed by atoms with Crippen LogP contribution < -0.4 is 9.47 Å². The van der Waals surface area contributed by atoms with Gasteiger partial charge in [0.15, 0.2) is 11.5 Å². The van der Waals surface area contributed by atoms with Crippen LogP contribution in [0.15, 0.2) is 24.3 Å². The van der Waals surface area contributed by atoms with Crippen LogP contribution in [-0.2, 0) is 0 Å². The van der Waals surface area contributed by atoms with Gasteiger partial charge in [-0.2, -0.15) is 0 Å². The fourth-order valence-electron chi connectivity index (χ4n) is 2.18. The van der Waals surface area contributed by atoms with Crippen LogP contribution in [0.2, 0.25) is 0 Å². The van der Waals surface area contributed by atoms with Gasteiger partial charge in [0.05, 0.1) is 13.2 Å². The Hall–Kier alpha value is -0.600. The topological polar surface area (TPSA) is 18.5 Å². The van der Waals surface area contributed by atoms with Crippen molar-refractivity contribution in [1.29, 1.82) is 0 Å². The van der Waals surface area contributed by atoms with Crippen molar-refractivity contribution in [2.45, 2.75) is 33.1 Å². The first-order valence-electron chi connectivity index (χ1n) is 7.18. The molecule has 0 N–H and O–H groups in total. The van der Waals surface area contributed by atoms with Crippen molar-refractivity contribution >= 4 is 23.2 Å². The summed E-state index contributed by atoms with van der Waals surface area (Å²) in [4.78, 5) is 0. The number of rotatable bonds is 10. The largest absolute Gasteiger partial charge is 0.490 e. The average Bonchev–Trinajstić information content (AvgIpc) is 2.48. The molecule has 0 amide bonds. The third-order valence-corrected chi connectivity index (χ3v) is 4.52. The standard InChI is InChI=1S/C16H24Cl2O2/c1-3-9-16(12-17,13-18)10-11-20-15-8-6-5-7-14(15)19-4-2/h5-8H,3-4,9-13H2,1-2H3. The fourth-order valence-corrected chi connectivity index (χ4v) is 3.00. The average molecular weight is 319 g/mol. The Morgan fingerprint density at radius 1 is 0.950 bits per heavy atom. The molecule has 1 aromatic rings. The van der Waals surface area contributed by atoms with E-state index in [1.807, 2.05) is 31.2 Å². The Balaban J connectivity index is 2.58. The molecule has 0 aliphatic heterocycles. The summed E-state index contributed by atoms with van der Waals surface area (Å²) in [6, 6.07) is 7.73. The summed E-state index contributed by atoms with van der Waals surface area (Å²) in [5, 5.41) is 0. The van der Waals surface area contributed by atoms with Gasteiger partial charge in [-0.05, 0) is 31.9 Å². The molecule has 0 atom stereocenters.